The minimum absolute atomic E-state index is 0.0150. The average Bonchev–Trinajstić information content (AvgIpc) is 3.22. The minimum atomic E-state index is -0.293. The van der Waals surface area contributed by atoms with Crippen molar-refractivity contribution in [2.45, 2.75) is 40.3 Å². The molecule has 1 aromatic carbocycles. The lowest BCUT2D eigenvalue weighted by Crippen LogP contribution is -2.34. The molecular weight excluding hydrogens is 349 g/mol. The van der Waals surface area contributed by atoms with Crippen molar-refractivity contribution < 1.29 is 9.18 Å². The maximum atomic E-state index is 13.6. The van der Waals surface area contributed by atoms with Crippen molar-refractivity contribution in [1.29, 1.82) is 0 Å². The van der Waals surface area contributed by atoms with Crippen LogP contribution in [0.1, 0.15) is 43.4 Å². The molecule has 0 saturated carbocycles. The van der Waals surface area contributed by atoms with E-state index < -0.39 is 0 Å². The van der Waals surface area contributed by atoms with E-state index in [4.69, 9.17) is 0 Å². The smallest absolute Gasteiger partial charge is 0.255 e. The van der Waals surface area contributed by atoms with Gasteiger partial charge in [0.05, 0.1) is 23.1 Å². The second kappa shape index (κ2) is 7.99. The zero-order valence-corrected chi connectivity index (χ0v) is 16.2. The predicted molar refractivity (Wildman–Crippen MR) is 104 cm³/mol. The molecule has 1 amide bonds. The van der Waals surface area contributed by atoms with Crippen molar-refractivity contribution in [2.75, 3.05) is 6.54 Å². The first-order valence-electron chi connectivity index (χ1n) is 8.95. The van der Waals surface area contributed by atoms with E-state index in [-0.39, 0.29) is 11.7 Å². The third kappa shape index (κ3) is 3.96. The molecule has 26 heavy (non-hydrogen) atoms. The molecule has 3 aromatic rings. The second-order valence-corrected chi connectivity index (χ2v) is 7.68. The molecule has 6 heteroatoms. The van der Waals surface area contributed by atoms with Crippen LogP contribution in [0.15, 0.2) is 35.0 Å². The van der Waals surface area contributed by atoms with Gasteiger partial charge in [-0.2, -0.15) is 11.3 Å². The van der Waals surface area contributed by atoms with Gasteiger partial charge in [0.25, 0.3) is 5.91 Å². The van der Waals surface area contributed by atoms with E-state index in [1.165, 1.54) is 23.5 Å². The van der Waals surface area contributed by atoms with Crippen molar-refractivity contribution >= 4 is 28.3 Å². The van der Waals surface area contributed by atoms with Gasteiger partial charge in [-0.05, 0) is 35.9 Å². The van der Waals surface area contributed by atoms with Crippen LogP contribution in [0.5, 0.6) is 0 Å². The molecule has 0 fully saturated rings. The van der Waals surface area contributed by atoms with Gasteiger partial charge in [0, 0.05) is 24.5 Å². The highest BCUT2D eigenvalue weighted by Gasteiger charge is 2.21. The third-order valence-electron chi connectivity index (χ3n) is 4.21. The lowest BCUT2D eigenvalue weighted by molar-refractivity contribution is 0.0717. The normalized spacial score (nSPS) is 11.4. The molecule has 0 aliphatic heterocycles. The summed E-state index contributed by atoms with van der Waals surface area (Å²) in [5.41, 5.74) is 2.26. The molecule has 0 spiro atoms. The number of hydrogen-bond acceptors (Lipinski definition) is 3. The summed E-state index contributed by atoms with van der Waals surface area (Å²) in [7, 11) is 0. The monoisotopic (exact) mass is 373 g/mol. The van der Waals surface area contributed by atoms with Crippen LogP contribution in [-0.4, -0.2) is 26.9 Å². The number of rotatable bonds is 7. The SMILES string of the molecule is CCCn1c(CN(CC(C)C)C(=O)c2ccsc2)nc2cc(F)ccc21. The van der Waals surface area contributed by atoms with Crippen molar-refractivity contribution in [2.24, 2.45) is 5.92 Å². The Morgan fingerprint density at radius 3 is 2.81 bits per heavy atom. The van der Waals surface area contributed by atoms with Gasteiger partial charge in [-0.15, -0.1) is 0 Å². The first-order chi connectivity index (χ1) is 12.5. The van der Waals surface area contributed by atoms with Crippen LogP contribution in [0.25, 0.3) is 11.0 Å². The molecule has 138 valence electrons. The maximum Gasteiger partial charge on any atom is 0.255 e. The Kier molecular flexibility index (Phi) is 5.71. The molecule has 0 aliphatic rings. The summed E-state index contributed by atoms with van der Waals surface area (Å²) < 4.78 is 15.7. The molecule has 0 saturated heterocycles. The van der Waals surface area contributed by atoms with Crippen molar-refractivity contribution in [3.63, 3.8) is 0 Å². The van der Waals surface area contributed by atoms with Gasteiger partial charge in [-0.25, -0.2) is 9.37 Å². The summed E-state index contributed by atoms with van der Waals surface area (Å²) in [5.74, 6) is 0.871. The number of aromatic nitrogens is 2. The Morgan fingerprint density at radius 2 is 2.15 bits per heavy atom. The standard InChI is InChI=1S/C20H24FN3OS/c1-4-8-24-18-6-5-16(21)10-17(18)22-19(24)12-23(11-14(2)3)20(25)15-7-9-26-13-15/h5-7,9-10,13-14H,4,8,11-12H2,1-3H3. The van der Waals surface area contributed by atoms with Crippen LogP contribution in [0.4, 0.5) is 4.39 Å². The molecule has 0 radical (unpaired) electrons. The fourth-order valence-electron chi connectivity index (χ4n) is 3.15. The van der Waals surface area contributed by atoms with Crippen molar-refractivity contribution in [3.05, 3.63) is 52.2 Å². The lowest BCUT2D eigenvalue weighted by atomic mass is 10.2. The van der Waals surface area contributed by atoms with Gasteiger partial charge in [0.15, 0.2) is 0 Å². The molecule has 0 aliphatic carbocycles. The first-order valence-corrected chi connectivity index (χ1v) is 9.90. The van der Waals surface area contributed by atoms with E-state index in [0.717, 1.165) is 24.3 Å². The Hall–Kier alpha value is -2.21. The minimum Gasteiger partial charge on any atom is -0.331 e. The Bertz CT molecular complexity index is 886. The van der Waals surface area contributed by atoms with E-state index >= 15 is 0 Å². The fraction of sp³-hybridized carbons (Fsp3) is 0.400. The summed E-state index contributed by atoms with van der Waals surface area (Å²) in [4.78, 5) is 19.4. The van der Waals surface area contributed by atoms with Gasteiger partial charge < -0.3 is 9.47 Å². The molecule has 2 heterocycles. The van der Waals surface area contributed by atoms with E-state index in [1.807, 2.05) is 21.7 Å². The third-order valence-corrected chi connectivity index (χ3v) is 4.89. The van der Waals surface area contributed by atoms with Crippen LogP contribution in [-0.2, 0) is 13.1 Å². The lowest BCUT2D eigenvalue weighted by Gasteiger charge is -2.24. The summed E-state index contributed by atoms with van der Waals surface area (Å²) in [6, 6.07) is 6.54. The average molecular weight is 373 g/mol. The van der Waals surface area contributed by atoms with Crippen LogP contribution < -0.4 is 0 Å². The molecule has 0 atom stereocenters. The van der Waals surface area contributed by atoms with Crippen LogP contribution >= 0.6 is 11.3 Å². The fourth-order valence-corrected chi connectivity index (χ4v) is 3.78. The van der Waals surface area contributed by atoms with Gasteiger partial charge in [0.2, 0.25) is 0 Å². The largest absolute Gasteiger partial charge is 0.331 e. The highest BCUT2D eigenvalue weighted by atomic mass is 32.1. The number of thiophene rings is 1. The van der Waals surface area contributed by atoms with Gasteiger partial charge in [-0.1, -0.05) is 20.8 Å². The highest BCUT2D eigenvalue weighted by molar-refractivity contribution is 7.08. The molecule has 4 nitrogen and oxygen atoms in total. The zero-order chi connectivity index (χ0) is 18.7. The second-order valence-electron chi connectivity index (χ2n) is 6.90. The topological polar surface area (TPSA) is 38.1 Å². The van der Waals surface area contributed by atoms with Gasteiger partial charge >= 0.3 is 0 Å². The number of imidazole rings is 1. The summed E-state index contributed by atoms with van der Waals surface area (Å²) in [6.45, 7) is 8.15. The number of amides is 1. The molecule has 3 rings (SSSR count). The highest BCUT2D eigenvalue weighted by Crippen LogP contribution is 2.21. The van der Waals surface area contributed by atoms with E-state index in [0.29, 0.717) is 30.1 Å². The summed E-state index contributed by atoms with van der Waals surface area (Å²) >= 11 is 1.52. The molecule has 0 N–H and O–H groups in total. The number of hydrogen-bond donors (Lipinski definition) is 0. The zero-order valence-electron chi connectivity index (χ0n) is 15.4. The van der Waals surface area contributed by atoms with Gasteiger partial charge in [-0.3, -0.25) is 4.79 Å². The van der Waals surface area contributed by atoms with Crippen molar-refractivity contribution in [3.8, 4) is 0 Å². The summed E-state index contributed by atoms with van der Waals surface area (Å²) in [6.07, 6.45) is 0.943. The van der Waals surface area contributed by atoms with Crippen LogP contribution in [0.3, 0.4) is 0 Å². The van der Waals surface area contributed by atoms with Gasteiger partial charge in [0.1, 0.15) is 11.6 Å². The number of aryl methyl sites for hydroxylation is 1. The number of nitrogens with zero attached hydrogens (tertiary/aromatic N) is 3. The van der Waals surface area contributed by atoms with E-state index in [1.54, 1.807) is 6.07 Å². The number of carbonyl (C=O) groups is 1. The summed E-state index contributed by atoms with van der Waals surface area (Å²) in [5, 5.41) is 3.79. The number of benzene rings is 1. The maximum absolute atomic E-state index is 13.6. The van der Waals surface area contributed by atoms with Crippen molar-refractivity contribution in [1.82, 2.24) is 14.5 Å². The number of carbonyl (C=O) groups excluding carboxylic acids is 1. The number of fused-ring (bicyclic) bond motifs is 1. The predicted octanol–water partition coefficient (Wildman–Crippen LogP) is 4.95. The molecule has 0 unspecified atom stereocenters. The Balaban J connectivity index is 1.97. The van der Waals surface area contributed by atoms with Crippen LogP contribution in [0.2, 0.25) is 0 Å². The van der Waals surface area contributed by atoms with Crippen LogP contribution in [0, 0.1) is 11.7 Å². The number of halogens is 1. The molecule has 2 aromatic heterocycles. The van der Waals surface area contributed by atoms with E-state index in [2.05, 4.69) is 30.3 Å². The van der Waals surface area contributed by atoms with E-state index in [9.17, 15) is 9.18 Å². The Morgan fingerprint density at radius 1 is 1.35 bits per heavy atom. The molecule has 0 bridgehead atoms. The molecular formula is C20H24FN3OS. The quantitative estimate of drug-likeness (QED) is 0.588. The Labute approximate surface area is 157 Å². The first kappa shape index (κ1) is 18.6.